The maximum Gasteiger partial charge on any atom is 0.234 e. The molecular formula is C15H15N5. The predicted octanol–water partition coefficient (Wildman–Crippen LogP) is 2.62. The molecule has 0 N–H and O–H groups in total. The van der Waals surface area contributed by atoms with Gasteiger partial charge in [-0.1, -0.05) is 24.3 Å². The lowest BCUT2D eigenvalue weighted by atomic mass is 10.2. The van der Waals surface area contributed by atoms with E-state index in [2.05, 4.69) is 21.6 Å². The average Bonchev–Trinajstić information content (AvgIpc) is 2.91. The predicted molar refractivity (Wildman–Crippen MR) is 79.2 cm³/mol. The zero-order valence-corrected chi connectivity index (χ0v) is 11.3. The summed E-state index contributed by atoms with van der Waals surface area (Å²) in [5.74, 6) is 0.733. The zero-order chi connectivity index (χ0) is 13.9. The first kappa shape index (κ1) is 12.3. The third kappa shape index (κ3) is 2.03. The summed E-state index contributed by atoms with van der Waals surface area (Å²) in [6, 6.07) is 10.0. The van der Waals surface area contributed by atoms with Gasteiger partial charge in [-0.25, -0.2) is 9.97 Å². The van der Waals surface area contributed by atoms with Crippen LogP contribution in [0.3, 0.4) is 0 Å². The van der Waals surface area contributed by atoms with Gasteiger partial charge in [0.15, 0.2) is 5.65 Å². The van der Waals surface area contributed by atoms with Crippen molar-refractivity contribution in [1.29, 1.82) is 0 Å². The molecule has 0 bridgehead atoms. The van der Waals surface area contributed by atoms with Crippen molar-refractivity contribution in [2.45, 2.75) is 6.42 Å². The number of para-hydroxylation sites is 1. The molecular weight excluding hydrogens is 250 g/mol. The Labute approximate surface area is 117 Å². The lowest BCUT2D eigenvalue weighted by Crippen LogP contribution is -2.16. The van der Waals surface area contributed by atoms with Crippen LogP contribution in [-0.2, 0) is 6.42 Å². The number of aromatic nitrogens is 4. The van der Waals surface area contributed by atoms with Crippen molar-refractivity contribution in [2.75, 3.05) is 11.9 Å². The standard InChI is InChI=1S/C15H15N5/c1-3-7-12-10-18-20-14(12)16-11-17-15(20)19(2)13-8-5-4-6-9-13/h3-6,8-11H,1,7H2,2H3. The van der Waals surface area contributed by atoms with Crippen molar-refractivity contribution < 1.29 is 0 Å². The van der Waals surface area contributed by atoms with Crippen LogP contribution in [0.1, 0.15) is 5.56 Å². The van der Waals surface area contributed by atoms with Crippen molar-refractivity contribution in [3.05, 3.63) is 61.1 Å². The summed E-state index contributed by atoms with van der Waals surface area (Å²) in [4.78, 5) is 10.6. The van der Waals surface area contributed by atoms with Gasteiger partial charge in [-0.15, -0.1) is 6.58 Å². The Morgan fingerprint density at radius 2 is 2.05 bits per heavy atom. The molecule has 0 aliphatic rings. The smallest absolute Gasteiger partial charge is 0.234 e. The molecule has 0 unspecified atom stereocenters. The van der Waals surface area contributed by atoms with E-state index in [1.54, 1.807) is 10.8 Å². The maximum absolute atomic E-state index is 4.39. The molecule has 1 aromatic carbocycles. The summed E-state index contributed by atoms with van der Waals surface area (Å²) in [5.41, 5.74) is 2.91. The number of nitrogens with zero attached hydrogens (tertiary/aromatic N) is 5. The topological polar surface area (TPSA) is 46.3 Å². The van der Waals surface area contributed by atoms with Crippen molar-refractivity contribution in [1.82, 2.24) is 19.6 Å². The summed E-state index contributed by atoms with van der Waals surface area (Å²) in [5, 5.41) is 4.39. The Balaban J connectivity index is 2.10. The molecule has 0 fully saturated rings. The fourth-order valence-electron chi connectivity index (χ4n) is 2.14. The molecule has 2 heterocycles. The summed E-state index contributed by atoms with van der Waals surface area (Å²) in [6.45, 7) is 3.76. The van der Waals surface area contributed by atoms with Gasteiger partial charge in [0.05, 0.1) is 6.20 Å². The van der Waals surface area contributed by atoms with Gasteiger partial charge in [0.2, 0.25) is 5.95 Å². The first-order valence-electron chi connectivity index (χ1n) is 6.38. The van der Waals surface area contributed by atoms with Crippen molar-refractivity contribution >= 4 is 17.3 Å². The van der Waals surface area contributed by atoms with E-state index in [1.807, 2.05) is 54.6 Å². The number of anilines is 2. The minimum atomic E-state index is 0.733. The second-order valence-corrected chi connectivity index (χ2v) is 4.47. The fraction of sp³-hybridized carbons (Fsp3) is 0.133. The van der Waals surface area contributed by atoms with Gasteiger partial charge in [0.25, 0.3) is 0 Å². The molecule has 0 spiro atoms. The lowest BCUT2D eigenvalue weighted by Gasteiger charge is -2.18. The van der Waals surface area contributed by atoms with E-state index in [1.165, 1.54) is 0 Å². The van der Waals surface area contributed by atoms with E-state index >= 15 is 0 Å². The fourth-order valence-corrected chi connectivity index (χ4v) is 2.14. The van der Waals surface area contributed by atoms with E-state index in [9.17, 15) is 0 Å². The highest BCUT2D eigenvalue weighted by Gasteiger charge is 2.13. The molecule has 0 radical (unpaired) electrons. The third-order valence-electron chi connectivity index (χ3n) is 3.17. The first-order valence-corrected chi connectivity index (χ1v) is 6.38. The van der Waals surface area contributed by atoms with Gasteiger partial charge in [0, 0.05) is 18.3 Å². The quantitative estimate of drug-likeness (QED) is 0.680. The van der Waals surface area contributed by atoms with Crippen LogP contribution in [0.15, 0.2) is 55.5 Å². The number of rotatable bonds is 4. The van der Waals surface area contributed by atoms with Crippen LogP contribution in [0.2, 0.25) is 0 Å². The van der Waals surface area contributed by atoms with E-state index in [0.717, 1.165) is 29.3 Å². The van der Waals surface area contributed by atoms with Gasteiger partial charge in [-0.05, 0) is 18.6 Å². The lowest BCUT2D eigenvalue weighted by molar-refractivity contribution is 0.864. The van der Waals surface area contributed by atoms with Crippen LogP contribution in [-0.4, -0.2) is 26.6 Å². The largest absolute Gasteiger partial charge is 0.313 e. The molecule has 3 aromatic rings. The van der Waals surface area contributed by atoms with Crippen molar-refractivity contribution in [3.63, 3.8) is 0 Å². The molecule has 0 saturated carbocycles. The molecule has 5 nitrogen and oxygen atoms in total. The molecule has 0 atom stereocenters. The number of hydrogen-bond acceptors (Lipinski definition) is 4. The van der Waals surface area contributed by atoms with Crippen LogP contribution >= 0.6 is 0 Å². The van der Waals surface area contributed by atoms with Gasteiger partial charge in [-0.3, -0.25) is 0 Å². The Morgan fingerprint density at radius 1 is 1.25 bits per heavy atom. The van der Waals surface area contributed by atoms with Crippen LogP contribution in [0, 0.1) is 0 Å². The second kappa shape index (κ2) is 5.13. The molecule has 0 amide bonds. The highest BCUT2D eigenvalue weighted by atomic mass is 15.4. The molecule has 5 heteroatoms. The number of hydrogen-bond donors (Lipinski definition) is 0. The third-order valence-corrected chi connectivity index (χ3v) is 3.17. The highest BCUT2D eigenvalue weighted by Crippen LogP contribution is 2.22. The molecule has 3 rings (SSSR count). The minimum absolute atomic E-state index is 0.733. The monoisotopic (exact) mass is 265 g/mol. The Kier molecular flexibility index (Phi) is 3.16. The molecule has 0 aliphatic heterocycles. The summed E-state index contributed by atoms with van der Waals surface area (Å²) in [7, 11) is 1.96. The highest BCUT2D eigenvalue weighted by molar-refractivity contribution is 5.59. The molecule has 0 aliphatic carbocycles. The van der Waals surface area contributed by atoms with Crippen molar-refractivity contribution in [3.8, 4) is 0 Å². The average molecular weight is 265 g/mol. The van der Waals surface area contributed by atoms with Crippen LogP contribution in [0.5, 0.6) is 0 Å². The van der Waals surface area contributed by atoms with Gasteiger partial charge < -0.3 is 4.90 Å². The van der Waals surface area contributed by atoms with Crippen LogP contribution < -0.4 is 4.90 Å². The number of allylic oxidation sites excluding steroid dienone is 1. The van der Waals surface area contributed by atoms with Gasteiger partial charge in [0.1, 0.15) is 6.33 Å². The maximum atomic E-state index is 4.39. The molecule has 2 aromatic heterocycles. The minimum Gasteiger partial charge on any atom is -0.313 e. The van der Waals surface area contributed by atoms with E-state index in [-0.39, 0.29) is 0 Å². The van der Waals surface area contributed by atoms with E-state index < -0.39 is 0 Å². The Morgan fingerprint density at radius 3 is 2.80 bits per heavy atom. The number of fused-ring (bicyclic) bond motifs is 1. The van der Waals surface area contributed by atoms with Crippen LogP contribution in [0.25, 0.3) is 5.65 Å². The van der Waals surface area contributed by atoms with E-state index in [4.69, 9.17) is 0 Å². The first-order chi connectivity index (χ1) is 9.81. The SMILES string of the molecule is C=CCc1cnn2c(N(C)c3ccccc3)ncnc12. The summed E-state index contributed by atoms with van der Waals surface area (Å²) >= 11 is 0. The second-order valence-electron chi connectivity index (χ2n) is 4.47. The summed E-state index contributed by atoms with van der Waals surface area (Å²) in [6.07, 6.45) is 5.97. The molecule has 20 heavy (non-hydrogen) atoms. The Hall–Kier alpha value is -2.69. The zero-order valence-electron chi connectivity index (χ0n) is 11.3. The van der Waals surface area contributed by atoms with Gasteiger partial charge >= 0.3 is 0 Å². The van der Waals surface area contributed by atoms with Crippen molar-refractivity contribution in [2.24, 2.45) is 0 Å². The van der Waals surface area contributed by atoms with Crippen LogP contribution in [0.4, 0.5) is 11.6 Å². The molecule has 0 saturated heterocycles. The molecule has 100 valence electrons. The number of benzene rings is 1. The summed E-state index contributed by atoms with van der Waals surface area (Å²) < 4.78 is 1.76. The van der Waals surface area contributed by atoms with E-state index in [0.29, 0.717) is 0 Å². The Bertz CT molecular complexity index is 732. The van der Waals surface area contributed by atoms with Gasteiger partial charge in [-0.2, -0.15) is 9.61 Å². The normalized spacial score (nSPS) is 10.7.